The van der Waals surface area contributed by atoms with E-state index in [4.69, 9.17) is 56.3 Å². The Labute approximate surface area is 784 Å². The first-order valence-corrected chi connectivity index (χ1v) is 44.0. The second kappa shape index (κ2) is 42.3. The van der Waals surface area contributed by atoms with E-state index in [2.05, 4.69) is 95.8 Å². The highest BCUT2D eigenvalue weighted by atomic mass is 16.5. The van der Waals surface area contributed by atoms with Crippen molar-refractivity contribution in [2.75, 3.05) is 0 Å². The van der Waals surface area contributed by atoms with Gasteiger partial charge >= 0.3 is 41.9 Å². The van der Waals surface area contributed by atoms with Gasteiger partial charge in [-0.1, -0.05) is 59.0 Å². The van der Waals surface area contributed by atoms with Crippen LogP contribution in [0.15, 0.2) is 146 Å². The molecule has 0 aromatic heterocycles. The Morgan fingerprint density at radius 1 is 0.241 bits per heavy atom. The van der Waals surface area contributed by atoms with Crippen LogP contribution >= 0.6 is 0 Å². The quantitative estimate of drug-likeness (QED) is 0.107. The van der Waals surface area contributed by atoms with Crippen molar-refractivity contribution in [2.24, 2.45) is 0 Å². The van der Waals surface area contributed by atoms with Gasteiger partial charge in [0.25, 0.3) is 0 Å². The molecule has 668 valence electrons. The van der Waals surface area contributed by atoms with Crippen LogP contribution in [0.1, 0.15) is 174 Å². The van der Waals surface area contributed by atoms with E-state index in [9.17, 15) is 41.6 Å². The summed E-state index contributed by atoms with van der Waals surface area (Å²) in [7, 11) is -1.71. The second-order valence-corrected chi connectivity index (χ2v) is 34.7. The van der Waals surface area contributed by atoms with Gasteiger partial charge in [0.05, 0.1) is 91.2 Å². The molecule has 2 N–H and O–H groups in total. The molecule has 0 aliphatic carbocycles. The van der Waals surface area contributed by atoms with E-state index in [0.717, 1.165) is 140 Å². The minimum absolute atomic E-state index is 0. The van der Waals surface area contributed by atoms with Gasteiger partial charge in [0.2, 0.25) is 0 Å². The summed E-state index contributed by atoms with van der Waals surface area (Å²) in [6.45, 7) is 48.0. The zero-order valence-electron chi connectivity index (χ0n) is 79.0. The minimum Gasteiger partial charge on any atom is -0.457 e. The molecule has 12 aromatic carbocycles. The number of nitrogens with zero attached hydrogens (tertiary/aromatic N) is 6. The number of aryl methyl sites for hydroxylation is 13. The van der Waals surface area contributed by atoms with E-state index < -0.39 is 14.2 Å². The van der Waals surface area contributed by atoms with Crippen LogP contribution in [0.25, 0.3) is 0 Å². The first-order chi connectivity index (χ1) is 63.0. The Bertz CT molecular complexity index is 6710. The van der Waals surface area contributed by atoms with Crippen molar-refractivity contribution in [1.82, 2.24) is 0 Å². The fourth-order valence-corrected chi connectivity index (χ4v) is 16.9. The van der Waals surface area contributed by atoms with Crippen LogP contribution in [0, 0.1) is 193 Å². The summed E-state index contributed by atoms with van der Waals surface area (Å²) in [5, 5.41) is 75.0. The van der Waals surface area contributed by atoms with Crippen LogP contribution in [0.5, 0.6) is 69.0 Å². The molecular weight excluding hydrogens is 1660 g/mol. The molecule has 133 heavy (non-hydrogen) atoms. The van der Waals surface area contributed by atoms with Crippen molar-refractivity contribution in [3.63, 3.8) is 0 Å². The molecule has 0 fully saturated rings. The van der Waals surface area contributed by atoms with Gasteiger partial charge in [-0.25, -0.2) is 0 Å². The lowest BCUT2D eigenvalue weighted by Crippen LogP contribution is -2.28. The molecule has 20 nitrogen and oxygen atoms in total. The Balaban J connectivity index is 0.000000144. The van der Waals surface area contributed by atoms with Crippen LogP contribution < -0.4 is 61.2 Å². The van der Waals surface area contributed by atoms with Gasteiger partial charge in [-0.05, 0) is 412 Å². The summed E-state index contributed by atoms with van der Waals surface area (Å²) >= 11 is 0. The molecule has 6 heterocycles. The number of ether oxygens (including phenoxy) is 6. The monoisotopic (exact) mass is 1770 g/mol. The lowest BCUT2D eigenvalue weighted by atomic mass is 9.62. The molecule has 18 rings (SSSR count). The number of benzene rings is 12. The highest BCUT2D eigenvalue weighted by Gasteiger charge is 2.34. The molecular formula is C107H108B6N6O14. The molecule has 0 atom stereocenters. The average molecular weight is 1770 g/mol. The van der Waals surface area contributed by atoms with Crippen LogP contribution in [0.4, 0.5) is 0 Å². The summed E-state index contributed by atoms with van der Waals surface area (Å²) in [5.41, 5.74) is 35.8. The van der Waals surface area contributed by atoms with Gasteiger partial charge in [0.1, 0.15) is 87.2 Å². The molecule has 12 aromatic rings. The van der Waals surface area contributed by atoms with Gasteiger partial charge < -0.3 is 66.4 Å². The zero-order chi connectivity index (χ0) is 95.1. The molecule has 0 bridgehead atoms. The Morgan fingerprint density at radius 3 is 0.902 bits per heavy atom. The highest BCUT2D eigenvalue weighted by Crippen LogP contribution is 2.39. The lowest BCUT2D eigenvalue weighted by Gasteiger charge is -2.14. The molecule has 0 saturated carbocycles. The van der Waals surface area contributed by atoms with E-state index >= 15 is 0 Å². The van der Waals surface area contributed by atoms with Gasteiger partial charge in [0.15, 0.2) is 0 Å². The first-order valence-electron chi connectivity index (χ1n) is 44.0. The lowest BCUT2D eigenvalue weighted by molar-refractivity contribution is 0.274. The third kappa shape index (κ3) is 22.0. The fourth-order valence-electron chi connectivity index (χ4n) is 16.9. The van der Waals surface area contributed by atoms with Crippen molar-refractivity contribution in [2.45, 2.75) is 199 Å². The van der Waals surface area contributed by atoms with Crippen LogP contribution in [-0.2, 0) is 67.6 Å². The normalized spacial score (nSPS) is 12.9. The molecule has 26 heteroatoms. The van der Waals surface area contributed by atoms with Gasteiger partial charge in [-0.3, -0.25) is 0 Å². The van der Waals surface area contributed by atoms with Crippen LogP contribution in [-0.4, -0.2) is 51.9 Å². The summed E-state index contributed by atoms with van der Waals surface area (Å²) < 4.78 is 69.2. The first kappa shape index (κ1) is 98.5. The number of fused-ring (bicyclic) bond motifs is 6. The molecule has 0 radical (unpaired) electrons. The highest BCUT2D eigenvalue weighted by molar-refractivity contribution is 6.69. The number of hydrogen-bond acceptors (Lipinski definition) is 20. The summed E-state index contributed by atoms with van der Waals surface area (Å²) in [6.07, 6.45) is 0. The molecule has 6 aliphatic rings. The van der Waals surface area contributed by atoms with Crippen molar-refractivity contribution in [3.05, 3.63) is 312 Å². The van der Waals surface area contributed by atoms with E-state index in [1.165, 1.54) is 49.7 Å². The van der Waals surface area contributed by atoms with E-state index in [0.29, 0.717) is 119 Å². The number of nitriles is 6. The molecule has 0 saturated heterocycles. The largest absolute Gasteiger partial charge is 0.491 e. The van der Waals surface area contributed by atoms with Crippen molar-refractivity contribution >= 4 is 74.7 Å². The summed E-state index contributed by atoms with van der Waals surface area (Å²) in [4.78, 5) is 0. The zero-order valence-corrected chi connectivity index (χ0v) is 79.0. The van der Waals surface area contributed by atoms with Gasteiger partial charge in [-0.2, -0.15) is 31.6 Å². The van der Waals surface area contributed by atoms with Crippen molar-refractivity contribution in [1.29, 1.82) is 31.6 Å². The average Bonchev–Trinajstić information content (AvgIpc) is 1.70. The Hall–Kier alpha value is -13.6. The summed E-state index contributed by atoms with van der Waals surface area (Å²) in [5.74, 6) is 8.36. The summed E-state index contributed by atoms with van der Waals surface area (Å²) in [6, 6.07) is 59.5. The van der Waals surface area contributed by atoms with Crippen LogP contribution in [0.3, 0.4) is 0 Å². The third-order valence-electron chi connectivity index (χ3n) is 25.7. The molecule has 0 amide bonds. The van der Waals surface area contributed by atoms with Crippen molar-refractivity contribution < 1.29 is 66.4 Å². The predicted molar refractivity (Wildman–Crippen MR) is 527 cm³/mol. The van der Waals surface area contributed by atoms with E-state index in [1.807, 2.05) is 220 Å². The standard InChI is InChI=1S/4C18H18BNO2.2C17H16BNO3.CH4/c1-11-5-14(9-20)18(7-12(11)2)22-17-8-15-10-21-19(4)16(15)6-13(17)3;1-11-5-14(9-20)17(7-12(11)2)22-16-6-13(3)18-15(8-16)10-21-19(18)4;1-11-5-16(7-14(9-20)13(11)3)22-18-8-15-10-21-19(4)17(15)6-12(18)2;1-11-5-16(7-14(9-20)13(11)3)22-17-6-12(2)18-15(8-17)10-21-19(18)4;1-10-6-14(7-13(8-19)11(10)2)22-17-5-4-16-15(12(17)3)9-21-18(16)20;1-10-6-13(8-19)17(7-11(10)2)22-16-5-4-15-14(12(16)3)9-21-18(15)20;/h4*5-8H,10H2,1-4H3;2*4-7,20H,9H2,1-3H3;1H4. The number of rotatable bonds is 12. The van der Waals surface area contributed by atoms with Crippen LogP contribution in [0.2, 0.25) is 27.3 Å². The molecule has 0 spiro atoms. The maximum Gasteiger partial charge on any atom is 0.491 e. The van der Waals surface area contributed by atoms with Crippen molar-refractivity contribution in [3.8, 4) is 105 Å². The SMILES string of the molecule is C.CB1OCc2cc(Oc3cc(C)c(C)c(C#N)c3)c(C)cc21.CB1OCc2cc(Oc3cc(C)c(C)c(C#N)c3)cc(C)c21.CB1OCc2cc(Oc3cc(C)c(C)cc3C#N)c(C)cc21.CB1OCc2cc(Oc3cc(C)c(C)cc3C#N)cc(C)c21.Cc1cc(C#N)c(Oc2ccc3c(c2C)COB3O)cc1C.Cc1cc(Oc2ccc3c(c2C)COB3O)cc(C#N)c1C. The Morgan fingerprint density at radius 2 is 0.526 bits per heavy atom. The third-order valence-corrected chi connectivity index (χ3v) is 25.7. The van der Waals surface area contributed by atoms with Gasteiger partial charge in [0, 0.05) is 0 Å². The second-order valence-electron chi connectivity index (χ2n) is 34.7. The van der Waals surface area contributed by atoms with E-state index in [1.54, 1.807) is 18.2 Å². The number of hydrogen-bond donors (Lipinski definition) is 2. The Kier molecular flexibility index (Phi) is 31.4. The molecule has 6 aliphatic heterocycles. The maximum absolute atomic E-state index is 9.73. The smallest absolute Gasteiger partial charge is 0.457 e. The van der Waals surface area contributed by atoms with E-state index in [-0.39, 0.29) is 35.1 Å². The maximum atomic E-state index is 9.73. The van der Waals surface area contributed by atoms with Gasteiger partial charge in [-0.15, -0.1) is 0 Å². The fraction of sp³-hybridized carbons (Fsp3) is 0.271. The minimum atomic E-state index is -0.862. The molecule has 0 unspecified atom stereocenters. The predicted octanol–water partition coefficient (Wildman–Crippen LogP) is 20.2. The topological polar surface area (TPSA) is 294 Å².